The molecule has 0 heterocycles. The Morgan fingerprint density at radius 1 is 0.917 bits per heavy atom. The Kier molecular flexibility index (Phi) is 6.01. The van der Waals surface area contributed by atoms with E-state index in [1.165, 1.54) is 12.5 Å². The first-order valence-electron chi connectivity index (χ1n) is 8.02. The molecule has 0 unspecified atom stereocenters. The number of hydrogen-bond donors (Lipinski definition) is 1. The number of rotatable bonds is 7. The molecule has 0 saturated heterocycles. The summed E-state index contributed by atoms with van der Waals surface area (Å²) in [6.07, 6.45) is 1.19. The summed E-state index contributed by atoms with van der Waals surface area (Å²) in [5.41, 5.74) is 2.90. The largest absolute Gasteiger partial charge is 0.326 e. The highest BCUT2D eigenvalue weighted by molar-refractivity contribution is 6.00. The van der Waals surface area contributed by atoms with Crippen LogP contribution in [-0.4, -0.2) is 17.5 Å². The van der Waals surface area contributed by atoms with Crippen LogP contribution >= 0.6 is 0 Å². The van der Waals surface area contributed by atoms with Gasteiger partial charge in [-0.2, -0.15) is 0 Å². The van der Waals surface area contributed by atoms with E-state index in [9.17, 15) is 14.4 Å². The Morgan fingerprint density at radius 3 is 2.25 bits per heavy atom. The van der Waals surface area contributed by atoms with Crippen LogP contribution in [-0.2, 0) is 11.2 Å². The summed E-state index contributed by atoms with van der Waals surface area (Å²) in [5, 5.41) is 2.72. The Labute approximate surface area is 141 Å². The van der Waals surface area contributed by atoms with Gasteiger partial charge in [-0.05, 0) is 31.0 Å². The number of nitrogens with one attached hydrogen (secondary N) is 1. The molecule has 1 amide bonds. The van der Waals surface area contributed by atoms with Gasteiger partial charge in [0, 0.05) is 29.7 Å². The van der Waals surface area contributed by atoms with Crippen molar-refractivity contribution in [2.45, 2.75) is 33.1 Å². The van der Waals surface area contributed by atoms with Gasteiger partial charge < -0.3 is 5.32 Å². The lowest BCUT2D eigenvalue weighted by atomic mass is 10.0. The van der Waals surface area contributed by atoms with Crippen LogP contribution < -0.4 is 5.32 Å². The third kappa shape index (κ3) is 4.88. The molecule has 0 bridgehead atoms. The third-order valence-corrected chi connectivity index (χ3v) is 3.82. The molecule has 0 aliphatic rings. The van der Waals surface area contributed by atoms with Gasteiger partial charge in [-0.1, -0.05) is 43.3 Å². The Bertz CT molecular complexity index is 748. The summed E-state index contributed by atoms with van der Waals surface area (Å²) in [7, 11) is 0. The average molecular weight is 323 g/mol. The van der Waals surface area contributed by atoms with Crippen LogP contribution in [0.25, 0.3) is 0 Å². The number of benzene rings is 2. The van der Waals surface area contributed by atoms with E-state index in [0.717, 1.165) is 6.42 Å². The molecule has 124 valence electrons. The summed E-state index contributed by atoms with van der Waals surface area (Å²) in [4.78, 5) is 35.4. The second kappa shape index (κ2) is 8.20. The summed E-state index contributed by atoms with van der Waals surface area (Å²) >= 11 is 0. The molecule has 0 aliphatic carbocycles. The molecule has 24 heavy (non-hydrogen) atoms. The molecule has 0 spiro atoms. The van der Waals surface area contributed by atoms with E-state index in [-0.39, 0.29) is 30.3 Å². The molecule has 0 aliphatic heterocycles. The predicted molar refractivity (Wildman–Crippen MR) is 94.5 cm³/mol. The average Bonchev–Trinajstić information content (AvgIpc) is 2.60. The van der Waals surface area contributed by atoms with Crippen molar-refractivity contribution >= 4 is 23.2 Å². The Morgan fingerprint density at radius 2 is 1.62 bits per heavy atom. The zero-order valence-electron chi connectivity index (χ0n) is 14.0. The van der Waals surface area contributed by atoms with Crippen LogP contribution in [0.1, 0.15) is 53.0 Å². The van der Waals surface area contributed by atoms with Gasteiger partial charge in [0.05, 0.1) is 0 Å². The first kappa shape index (κ1) is 17.6. The fourth-order valence-electron chi connectivity index (χ4n) is 2.34. The summed E-state index contributed by atoms with van der Waals surface area (Å²) in [6.45, 7) is 3.53. The van der Waals surface area contributed by atoms with E-state index in [1.807, 2.05) is 12.1 Å². The lowest BCUT2D eigenvalue weighted by Gasteiger charge is -2.06. The van der Waals surface area contributed by atoms with Crippen LogP contribution in [0.4, 0.5) is 5.69 Å². The molecule has 1 N–H and O–H groups in total. The maximum Gasteiger partial charge on any atom is 0.224 e. The van der Waals surface area contributed by atoms with Crippen LogP contribution in [0, 0.1) is 0 Å². The fourth-order valence-corrected chi connectivity index (χ4v) is 2.34. The highest BCUT2D eigenvalue weighted by Crippen LogP contribution is 2.13. The lowest BCUT2D eigenvalue weighted by Crippen LogP contribution is -2.13. The number of carbonyl (C=O) groups is 3. The number of hydrogen-bond acceptors (Lipinski definition) is 3. The number of anilines is 1. The number of amides is 1. The normalized spacial score (nSPS) is 10.2. The van der Waals surface area contributed by atoms with Crippen molar-refractivity contribution in [2.24, 2.45) is 0 Å². The van der Waals surface area contributed by atoms with E-state index >= 15 is 0 Å². The van der Waals surface area contributed by atoms with Crippen molar-refractivity contribution in [2.75, 3.05) is 5.32 Å². The zero-order valence-corrected chi connectivity index (χ0v) is 14.0. The molecule has 0 atom stereocenters. The first-order chi connectivity index (χ1) is 11.5. The SMILES string of the molecule is CCc1ccc(C(=O)CCC(=O)Nc2cccc(C(C)=O)c2)cc1. The number of ketones is 2. The topological polar surface area (TPSA) is 63.2 Å². The quantitative estimate of drug-likeness (QED) is 0.782. The molecule has 4 nitrogen and oxygen atoms in total. The van der Waals surface area contributed by atoms with Crippen LogP contribution in [0.15, 0.2) is 48.5 Å². The third-order valence-electron chi connectivity index (χ3n) is 3.82. The molecule has 4 heteroatoms. The molecule has 0 saturated carbocycles. The van der Waals surface area contributed by atoms with E-state index in [0.29, 0.717) is 16.8 Å². The molecule has 0 aromatic heterocycles. The van der Waals surface area contributed by atoms with Crippen molar-refractivity contribution in [1.82, 2.24) is 0 Å². The predicted octanol–water partition coefficient (Wildman–Crippen LogP) is 4.05. The Hall–Kier alpha value is -2.75. The second-order valence-electron chi connectivity index (χ2n) is 5.66. The van der Waals surface area contributed by atoms with Crippen LogP contribution in [0.2, 0.25) is 0 Å². The second-order valence-corrected chi connectivity index (χ2v) is 5.66. The van der Waals surface area contributed by atoms with Crippen LogP contribution in [0.5, 0.6) is 0 Å². The van der Waals surface area contributed by atoms with Gasteiger partial charge in [0.2, 0.25) is 5.91 Å². The van der Waals surface area contributed by atoms with E-state index in [2.05, 4.69) is 12.2 Å². The zero-order chi connectivity index (χ0) is 17.5. The van der Waals surface area contributed by atoms with Gasteiger partial charge in [0.1, 0.15) is 0 Å². The molecule has 0 radical (unpaired) electrons. The van der Waals surface area contributed by atoms with Gasteiger partial charge in [-0.15, -0.1) is 0 Å². The number of aryl methyl sites for hydroxylation is 1. The van der Waals surface area contributed by atoms with E-state index in [1.54, 1.807) is 36.4 Å². The molecule has 0 fully saturated rings. The summed E-state index contributed by atoms with van der Waals surface area (Å²) in [5.74, 6) is -0.351. The number of carbonyl (C=O) groups excluding carboxylic acids is 3. The van der Waals surface area contributed by atoms with Gasteiger partial charge in [-0.3, -0.25) is 14.4 Å². The maximum atomic E-state index is 12.1. The maximum absolute atomic E-state index is 12.1. The van der Waals surface area contributed by atoms with Crippen molar-refractivity contribution in [3.05, 3.63) is 65.2 Å². The van der Waals surface area contributed by atoms with Crippen molar-refractivity contribution in [3.8, 4) is 0 Å². The highest BCUT2D eigenvalue weighted by atomic mass is 16.2. The fraction of sp³-hybridized carbons (Fsp3) is 0.250. The van der Waals surface area contributed by atoms with Crippen molar-refractivity contribution < 1.29 is 14.4 Å². The highest BCUT2D eigenvalue weighted by Gasteiger charge is 2.10. The molecule has 2 rings (SSSR count). The monoisotopic (exact) mass is 323 g/mol. The number of Topliss-reactive ketones (excluding diaryl/α,β-unsaturated/α-hetero) is 2. The van der Waals surface area contributed by atoms with Crippen LogP contribution in [0.3, 0.4) is 0 Å². The molecular weight excluding hydrogens is 302 g/mol. The van der Waals surface area contributed by atoms with Crippen molar-refractivity contribution in [1.29, 1.82) is 0 Å². The van der Waals surface area contributed by atoms with E-state index < -0.39 is 0 Å². The summed E-state index contributed by atoms with van der Waals surface area (Å²) in [6, 6.07) is 14.2. The smallest absolute Gasteiger partial charge is 0.224 e. The standard InChI is InChI=1S/C20H21NO3/c1-3-15-7-9-16(10-8-15)19(23)11-12-20(24)21-18-6-4-5-17(13-18)14(2)22/h4-10,13H,3,11-12H2,1-2H3,(H,21,24). The summed E-state index contributed by atoms with van der Waals surface area (Å²) < 4.78 is 0. The van der Waals surface area contributed by atoms with E-state index in [4.69, 9.17) is 0 Å². The van der Waals surface area contributed by atoms with Crippen molar-refractivity contribution in [3.63, 3.8) is 0 Å². The Balaban J connectivity index is 1.89. The minimum Gasteiger partial charge on any atom is -0.326 e. The van der Waals surface area contributed by atoms with Gasteiger partial charge >= 0.3 is 0 Å². The lowest BCUT2D eigenvalue weighted by molar-refractivity contribution is -0.116. The molecular formula is C20H21NO3. The molecule has 2 aromatic rings. The minimum absolute atomic E-state index is 0.0507. The first-order valence-corrected chi connectivity index (χ1v) is 8.02. The minimum atomic E-state index is -0.241. The van der Waals surface area contributed by atoms with Gasteiger partial charge in [0.15, 0.2) is 11.6 Å². The van der Waals surface area contributed by atoms with Gasteiger partial charge in [0.25, 0.3) is 0 Å². The van der Waals surface area contributed by atoms with Gasteiger partial charge in [-0.25, -0.2) is 0 Å². The molecule has 2 aromatic carbocycles.